The minimum atomic E-state index is -2.84. The van der Waals surface area contributed by atoms with Crippen molar-refractivity contribution in [3.8, 4) is 5.75 Å². The first-order valence-electron chi connectivity index (χ1n) is 9.74. The van der Waals surface area contributed by atoms with E-state index in [1.165, 1.54) is 22.2 Å². The molecule has 0 saturated carbocycles. The summed E-state index contributed by atoms with van der Waals surface area (Å²) < 4.78 is 26.9. The molecule has 0 aromatic carbocycles. The molecule has 158 valence electrons. The Bertz CT molecular complexity index is 756. The minimum absolute atomic E-state index is 0.0127. The van der Waals surface area contributed by atoms with E-state index in [0.717, 1.165) is 0 Å². The summed E-state index contributed by atoms with van der Waals surface area (Å²) in [5.74, 6) is -2.66. The van der Waals surface area contributed by atoms with E-state index in [-0.39, 0.29) is 30.7 Å². The summed E-state index contributed by atoms with van der Waals surface area (Å²) in [6, 6.07) is -0.662. The second-order valence-corrected chi connectivity index (χ2v) is 7.84. The summed E-state index contributed by atoms with van der Waals surface area (Å²) in [5, 5.41) is 9.31. The maximum Gasteiger partial charge on any atom is 0.267 e. The van der Waals surface area contributed by atoms with Crippen molar-refractivity contribution in [3.05, 3.63) is 12.4 Å². The molecule has 1 aromatic rings. The number of aromatic hydroxyl groups is 1. The topological polar surface area (TPSA) is 93.1 Å². The molecule has 0 unspecified atom stereocenters. The molecule has 3 saturated heterocycles. The Balaban J connectivity index is 1.35. The van der Waals surface area contributed by atoms with Gasteiger partial charge in [0.15, 0.2) is 5.75 Å². The number of halogens is 2. The first kappa shape index (κ1) is 19.7. The zero-order valence-electron chi connectivity index (χ0n) is 16.0. The van der Waals surface area contributed by atoms with Crippen LogP contribution in [0.15, 0.2) is 12.4 Å². The highest BCUT2D eigenvalue weighted by atomic mass is 19.3. The molecular formula is C18H24F2N6O3. The molecule has 9 nitrogen and oxygen atoms in total. The van der Waals surface area contributed by atoms with Gasteiger partial charge in [-0.3, -0.25) is 14.5 Å². The summed E-state index contributed by atoms with van der Waals surface area (Å²) in [6.07, 6.45) is 3.49. The van der Waals surface area contributed by atoms with Gasteiger partial charge in [-0.05, 0) is 6.42 Å². The van der Waals surface area contributed by atoms with Crippen LogP contribution >= 0.6 is 0 Å². The molecule has 2 atom stereocenters. The van der Waals surface area contributed by atoms with Gasteiger partial charge in [0.1, 0.15) is 6.04 Å². The summed E-state index contributed by atoms with van der Waals surface area (Å²) >= 11 is 0. The number of amides is 2. The lowest BCUT2D eigenvalue weighted by Crippen LogP contribution is -2.51. The van der Waals surface area contributed by atoms with Gasteiger partial charge in [-0.2, -0.15) is 0 Å². The number of carbonyl (C=O) groups is 2. The minimum Gasteiger partial charge on any atom is -0.505 e. The number of alkyl halides is 2. The normalized spacial score (nSPS) is 27.4. The predicted molar refractivity (Wildman–Crippen MR) is 98.6 cm³/mol. The van der Waals surface area contributed by atoms with E-state index in [0.29, 0.717) is 51.5 Å². The molecule has 0 spiro atoms. The average Bonchev–Trinajstić information content (AvgIpc) is 3.31. The van der Waals surface area contributed by atoms with Crippen LogP contribution in [0.2, 0.25) is 0 Å². The summed E-state index contributed by atoms with van der Waals surface area (Å²) in [7, 11) is 0. The van der Waals surface area contributed by atoms with Crippen molar-refractivity contribution in [1.82, 2.24) is 24.7 Å². The van der Waals surface area contributed by atoms with Crippen LogP contribution in [0.4, 0.5) is 14.7 Å². The van der Waals surface area contributed by atoms with Crippen LogP contribution in [0.25, 0.3) is 0 Å². The first-order valence-corrected chi connectivity index (χ1v) is 9.74. The molecule has 3 fully saturated rings. The first-order chi connectivity index (χ1) is 13.9. The molecule has 2 amide bonds. The Hall–Kier alpha value is -2.56. The molecule has 11 heteroatoms. The van der Waals surface area contributed by atoms with Gasteiger partial charge < -0.3 is 19.8 Å². The number of anilines is 1. The Labute approximate surface area is 166 Å². The van der Waals surface area contributed by atoms with Gasteiger partial charge in [0.25, 0.3) is 5.92 Å². The van der Waals surface area contributed by atoms with E-state index < -0.39 is 18.5 Å². The maximum atomic E-state index is 13.5. The number of rotatable bonds is 4. The van der Waals surface area contributed by atoms with Crippen molar-refractivity contribution in [3.63, 3.8) is 0 Å². The molecular weight excluding hydrogens is 386 g/mol. The third-order valence-electron chi connectivity index (χ3n) is 5.96. The van der Waals surface area contributed by atoms with Crippen LogP contribution in [-0.4, -0.2) is 106 Å². The number of likely N-dealkylation sites (tertiary alicyclic amines) is 2. The van der Waals surface area contributed by atoms with Crippen LogP contribution in [0.3, 0.4) is 0 Å². The van der Waals surface area contributed by atoms with Gasteiger partial charge in [0, 0.05) is 51.7 Å². The zero-order chi connectivity index (χ0) is 20.6. The van der Waals surface area contributed by atoms with Crippen molar-refractivity contribution in [1.29, 1.82) is 0 Å². The van der Waals surface area contributed by atoms with Gasteiger partial charge in [-0.1, -0.05) is 0 Å². The van der Waals surface area contributed by atoms with Crippen molar-refractivity contribution in [2.45, 2.75) is 30.8 Å². The standard InChI is InChI=1S/C18H24F2N6O3/c19-18(20)1-2-25(11-18)16(29)15-7-13(10-26(15)12-27)23-3-5-24(6-4-23)17-21-8-14(28)9-22-17/h8-9,12-13,15,28H,1-7,10-11H2/t13-,15-/m0/s1. The third kappa shape index (κ3) is 4.09. The lowest BCUT2D eigenvalue weighted by Gasteiger charge is -2.37. The highest BCUT2D eigenvalue weighted by molar-refractivity contribution is 5.84. The monoisotopic (exact) mass is 410 g/mol. The number of hydrogen-bond acceptors (Lipinski definition) is 7. The molecule has 1 aromatic heterocycles. The molecule has 0 aliphatic carbocycles. The Kier molecular flexibility index (Phi) is 5.24. The number of nitrogens with zero attached hydrogens (tertiary/aromatic N) is 6. The number of hydrogen-bond donors (Lipinski definition) is 1. The molecule has 3 aliphatic rings. The van der Waals surface area contributed by atoms with Gasteiger partial charge in [-0.15, -0.1) is 0 Å². The zero-order valence-corrected chi connectivity index (χ0v) is 16.0. The van der Waals surface area contributed by atoms with Crippen LogP contribution in [0, 0.1) is 0 Å². The number of carbonyl (C=O) groups excluding carboxylic acids is 2. The number of piperazine rings is 1. The van der Waals surface area contributed by atoms with E-state index in [2.05, 4.69) is 14.9 Å². The van der Waals surface area contributed by atoms with Crippen LogP contribution < -0.4 is 4.90 Å². The molecule has 29 heavy (non-hydrogen) atoms. The van der Waals surface area contributed by atoms with E-state index in [9.17, 15) is 23.5 Å². The fourth-order valence-electron chi connectivity index (χ4n) is 4.36. The largest absolute Gasteiger partial charge is 0.505 e. The molecule has 4 heterocycles. The Morgan fingerprint density at radius 3 is 2.45 bits per heavy atom. The van der Waals surface area contributed by atoms with Gasteiger partial charge in [0.05, 0.1) is 18.9 Å². The number of aromatic nitrogens is 2. The highest BCUT2D eigenvalue weighted by Gasteiger charge is 2.46. The fraction of sp³-hybridized carbons (Fsp3) is 0.667. The molecule has 4 rings (SSSR count). The predicted octanol–water partition coefficient (Wildman–Crippen LogP) is -0.229. The van der Waals surface area contributed by atoms with Crippen LogP contribution in [-0.2, 0) is 9.59 Å². The summed E-state index contributed by atoms with van der Waals surface area (Å²) in [4.78, 5) is 39.3. The SMILES string of the molecule is O=CN1C[C@@H](N2CCN(c3ncc(O)cn3)CC2)C[C@H]1C(=O)N1CCC(F)(F)C1. The van der Waals surface area contributed by atoms with Crippen LogP contribution in [0.5, 0.6) is 5.75 Å². The van der Waals surface area contributed by atoms with Crippen molar-refractivity contribution < 1.29 is 23.5 Å². The quantitative estimate of drug-likeness (QED) is 0.686. The molecule has 3 aliphatic heterocycles. The fourth-order valence-corrected chi connectivity index (χ4v) is 4.36. The lowest BCUT2D eigenvalue weighted by molar-refractivity contribution is -0.139. The van der Waals surface area contributed by atoms with Gasteiger partial charge in [-0.25, -0.2) is 18.7 Å². The lowest BCUT2D eigenvalue weighted by atomic mass is 10.1. The Morgan fingerprint density at radius 2 is 1.86 bits per heavy atom. The van der Waals surface area contributed by atoms with E-state index in [1.807, 2.05) is 4.90 Å². The van der Waals surface area contributed by atoms with Gasteiger partial charge in [0.2, 0.25) is 18.3 Å². The van der Waals surface area contributed by atoms with E-state index >= 15 is 0 Å². The summed E-state index contributed by atoms with van der Waals surface area (Å²) in [6.45, 7) is 2.67. The average molecular weight is 410 g/mol. The second-order valence-electron chi connectivity index (χ2n) is 7.84. The summed E-state index contributed by atoms with van der Waals surface area (Å²) in [5.41, 5.74) is 0. The third-order valence-corrected chi connectivity index (χ3v) is 5.96. The second kappa shape index (κ2) is 7.69. The molecule has 1 N–H and O–H groups in total. The molecule has 0 radical (unpaired) electrons. The van der Waals surface area contributed by atoms with Gasteiger partial charge >= 0.3 is 0 Å². The van der Waals surface area contributed by atoms with Crippen LogP contribution in [0.1, 0.15) is 12.8 Å². The maximum absolute atomic E-state index is 13.5. The smallest absolute Gasteiger partial charge is 0.267 e. The van der Waals surface area contributed by atoms with Crippen molar-refractivity contribution in [2.24, 2.45) is 0 Å². The van der Waals surface area contributed by atoms with Crippen molar-refractivity contribution >= 4 is 18.3 Å². The van der Waals surface area contributed by atoms with Crippen molar-refractivity contribution in [2.75, 3.05) is 50.7 Å². The van der Waals surface area contributed by atoms with E-state index in [1.54, 1.807) is 0 Å². The molecule has 0 bridgehead atoms. The van der Waals surface area contributed by atoms with E-state index in [4.69, 9.17) is 0 Å². The highest BCUT2D eigenvalue weighted by Crippen LogP contribution is 2.30. The Morgan fingerprint density at radius 1 is 1.17 bits per heavy atom.